The van der Waals surface area contributed by atoms with Crippen molar-refractivity contribution >= 4 is 12.1 Å². The Kier molecular flexibility index (Phi) is 5.88. The minimum atomic E-state index is -0.510. The van der Waals surface area contributed by atoms with Crippen LogP contribution in [0.15, 0.2) is 54.6 Å². The summed E-state index contributed by atoms with van der Waals surface area (Å²) < 4.78 is 17.6. The first kappa shape index (κ1) is 20.5. The van der Waals surface area contributed by atoms with Gasteiger partial charge in [-0.15, -0.1) is 0 Å². The summed E-state index contributed by atoms with van der Waals surface area (Å²) in [5.74, 6) is 0.687. The summed E-state index contributed by atoms with van der Waals surface area (Å²) in [5.41, 5.74) is 2.56. The monoisotopic (exact) mass is 421 g/mol. The van der Waals surface area contributed by atoms with E-state index >= 15 is 0 Å². The SMILES string of the molecule is CCOC(=O)c1nn(-c2ccc(OC)cc2)c2c1CN(C(=O)Oc1ccccc1)CC2. The van der Waals surface area contributed by atoms with Crippen molar-refractivity contribution < 1.29 is 23.8 Å². The van der Waals surface area contributed by atoms with Crippen molar-refractivity contribution in [1.29, 1.82) is 0 Å². The number of aromatic nitrogens is 2. The highest BCUT2D eigenvalue weighted by Crippen LogP contribution is 2.27. The predicted octanol–water partition coefficient (Wildman–Crippen LogP) is 3.61. The molecule has 1 aliphatic heterocycles. The molecule has 31 heavy (non-hydrogen) atoms. The van der Waals surface area contributed by atoms with Crippen LogP contribution >= 0.6 is 0 Å². The summed E-state index contributed by atoms with van der Waals surface area (Å²) >= 11 is 0. The Balaban J connectivity index is 1.64. The Hall–Kier alpha value is -3.81. The molecule has 0 bridgehead atoms. The number of hydrogen-bond acceptors (Lipinski definition) is 6. The molecular weight excluding hydrogens is 398 g/mol. The number of methoxy groups -OCH3 is 1. The largest absolute Gasteiger partial charge is 0.497 e. The number of fused-ring (bicyclic) bond motifs is 1. The third-order valence-electron chi connectivity index (χ3n) is 5.05. The topological polar surface area (TPSA) is 82.9 Å². The number of carbonyl (C=O) groups is 2. The molecule has 0 fully saturated rings. The minimum Gasteiger partial charge on any atom is -0.497 e. The molecule has 160 valence electrons. The van der Waals surface area contributed by atoms with Crippen LogP contribution in [0.4, 0.5) is 4.79 Å². The highest BCUT2D eigenvalue weighted by molar-refractivity contribution is 5.89. The van der Waals surface area contributed by atoms with Crippen LogP contribution < -0.4 is 9.47 Å². The molecule has 2 heterocycles. The third kappa shape index (κ3) is 4.23. The molecule has 1 aromatic heterocycles. The van der Waals surface area contributed by atoms with Crippen LogP contribution in [0.1, 0.15) is 28.7 Å². The molecule has 0 atom stereocenters. The van der Waals surface area contributed by atoms with Crippen LogP contribution in [0.25, 0.3) is 5.69 Å². The summed E-state index contributed by atoms with van der Waals surface area (Å²) in [6, 6.07) is 16.3. The quantitative estimate of drug-likeness (QED) is 0.585. The lowest BCUT2D eigenvalue weighted by atomic mass is 10.1. The molecule has 0 N–H and O–H groups in total. The molecule has 0 spiro atoms. The van der Waals surface area contributed by atoms with Crippen molar-refractivity contribution in [2.75, 3.05) is 20.3 Å². The van der Waals surface area contributed by atoms with E-state index in [-0.39, 0.29) is 18.8 Å². The fraction of sp³-hybridized carbons (Fsp3) is 0.261. The van der Waals surface area contributed by atoms with Gasteiger partial charge in [0.1, 0.15) is 11.5 Å². The number of benzene rings is 2. The Labute approximate surface area is 179 Å². The van der Waals surface area contributed by atoms with Crippen molar-refractivity contribution in [1.82, 2.24) is 14.7 Å². The number of carbonyl (C=O) groups excluding carboxylic acids is 2. The van der Waals surface area contributed by atoms with E-state index in [0.29, 0.717) is 24.3 Å². The van der Waals surface area contributed by atoms with Crippen LogP contribution in [0, 0.1) is 0 Å². The number of ether oxygens (including phenoxy) is 3. The molecule has 8 heteroatoms. The first-order valence-electron chi connectivity index (χ1n) is 10.0. The lowest BCUT2D eigenvalue weighted by Gasteiger charge is -2.27. The summed E-state index contributed by atoms with van der Waals surface area (Å²) in [6.07, 6.45) is 0.0568. The number of para-hydroxylation sites is 1. The van der Waals surface area contributed by atoms with Gasteiger partial charge in [0.25, 0.3) is 0 Å². The fourth-order valence-corrected chi connectivity index (χ4v) is 3.53. The molecule has 0 radical (unpaired) electrons. The van der Waals surface area contributed by atoms with Gasteiger partial charge in [-0.3, -0.25) is 0 Å². The van der Waals surface area contributed by atoms with Gasteiger partial charge in [0.05, 0.1) is 31.6 Å². The van der Waals surface area contributed by atoms with Crippen LogP contribution in [0.5, 0.6) is 11.5 Å². The van der Waals surface area contributed by atoms with E-state index in [2.05, 4.69) is 5.10 Å². The summed E-state index contributed by atoms with van der Waals surface area (Å²) in [7, 11) is 1.60. The Bertz CT molecular complexity index is 1080. The number of rotatable bonds is 5. The van der Waals surface area contributed by atoms with Gasteiger partial charge >= 0.3 is 12.1 Å². The van der Waals surface area contributed by atoms with Gasteiger partial charge in [-0.25, -0.2) is 14.3 Å². The van der Waals surface area contributed by atoms with Crippen LogP contribution in [0.3, 0.4) is 0 Å². The Morgan fingerprint density at radius 2 is 1.77 bits per heavy atom. The van der Waals surface area contributed by atoms with Gasteiger partial charge in [0.2, 0.25) is 0 Å². The molecule has 4 rings (SSSR count). The maximum absolute atomic E-state index is 12.7. The van der Waals surface area contributed by atoms with Gasteiger partial charge < -0.3 is 19.1 Å². The number of nitrogens with zero attached hydrogens (tertiary/aromatic N) is 3. The average molecular weight is 421 g/mol. The van der Waals surface area contributed by atoms with Crippen LogP contribution in [0.2, 0.25) is 0 Å². The van der Waals surface area contributed by atoms with Gasteiger partial charge in [-0.1, -0.05) is 18.2 Å². The van der Waals surface area contributed by atoms with Gasteiger partial charge in [0, 0.05) is 18.5 Å². The van der Waals surface area contributed by atoms with Crippen LogP contribution in [-0.4, -0.2) is 47.0 Å². The molecule has 0 saturated carbocycles. The zero-order valence-electron chi connectivity index (χ0n) is 17.4. The van der Waals surface area contributed by atoms with Gasteiger partial charge in [-0.05, 0) is 43.3 Å². The predicted molar refractivity (Wildman–Crippen MR) is 113 cm³/mol. The normalized spacial score (nSPS) is 12.8. The zero-order valence-corrected chi connectivity index (χ0v) is 17.4. The lowest BCUT2D eigenvalue weighted by molar-refractivity contribution is 0.0515. The van der Waals surface area contributed by atoms with E-state index in [1.165, 1.54) is 0 Å². The van der Waals surface area contributed by atoms with E-state index < -0.39 is 12.1 Å². The molecule has 1 aliphatic rings. The average Bonchev–Trinajstić information content (AvgIpc) is 3.19. The highest BCUT2D eigenvalue weighted by Gasteiger charge is 2.32. The fourth-order valence-electron chi connectivity index (χ4n) is 3.53. The second-order valence-corrected chi connectivity index (χ2v) is 6.96. The summed E-state index contributed by atoms with van der Waals surface area (Å²) in [4.78, 5) is 26.8. The smallest absolute Gasteiger partial charge is 0.415 e. The molecule has 1 amide bonds. The second-order valence-electron chi connectivity index (χ2n) is 6.96. The minimum absolute atomic E-state index is 0.213. The van der Waals surface area contributed by atoms with E-state index in [0.717, 1.165) is 17.1 Å². The third-order valence-corrected chi connectivity index (χ3v) is 5.05. The van der Waals surface area contributed by atoms with Crippen molar-refractivity contribution in [2.45, 2.75) is 19.9 Å². The molecule has 0 aliphatic carbocycles. The van der Waals surface area contributed by atoms with E-state index in [9.17, 15) is 9.59 Å². The molecule has 2 aromatic carbocycles. The lowest BCUT2D eigenvalue weighted by Crippen LogP contribution is -2.38. The summed E-state index contributed by atoms with van der Waals surface area (Å²) in [5, 5.41) is 4.54. The number of hydrogen-bond donors (Lipinski definition) is 0. The maximum atomic E-state index is 12.7. The number of esters is 1. The van der Waals surface area contributed by atoms with Crippen molar-refractivity contribution in [2.24, 2.45) is 0 Å². The maximum Gasteiger partial charge on any atom is 0.415 e. The van der Waals surface area contributed by atoms with E-state index in [1.807, 2.05) is 30.3 Å². The Morgan fingerprint density at radius 1 is 1.03 bits per heavy atom. The zero-order chi connectivity index (χ0) is 21.8. The standard InChI is InChI=1S/C23H23N3O5/c1-3-30-22(27)21-19-15-25(23(28)31-18-7-5-4-6-8-18)14-13-20(19)26(24-21)16-9-11-17(29-2)12-10-16/h4-12H,3,13-15H2,1-2H3. The van der Waals surface area contributed by atoms with E-state index in [4.69, 9.17) is 14.2 Å². The molecule has 8 nitrogen and oxygen atoms in total. The van der Waals surface area contributed by atoms with E-state index in [1.54, 1.807) is 47.9 Å². The second kappa shape index (κ2) is 8.91. The van der Waals surface area contributed by atoms with Crippen molar-refractivity contribution in [3.8, 4) is 17.2 Å². The Morgan fingerprint density at radius 3 is 2.45 bits per heavy atom. The summed E-state index contributed by atoms with van der Waals surface area (Å²) in [6.45, 7) is 2.64. The first-order chi connectivity index (χ1) is 15.1. The van der Waals surface area contributed by atoms with Crippen molar-refractivity contribution in [3.05, 3.63) is 71.5 Å². The molecule has 3 aromatic rings. The molecule has 0 unspecified atom stereocenters. The number of amides is 1. The van der Waals surface area contributed by atoms with Crippen molar-refractivity contribution in [3.63, 3.8) is 0 Å². The molecule has 0 saturated heterocycles. The van der Waals surface area contributed by atoms with Crippen LogP contribution in [-0.2, 0) is 17.7 Å². The highest BCUT2D eigenvalue weighted by atomic mass is 16.6. The van der Waals surface area contributed by atoms with Gasteiger partial charge in [0.15, 0.2) is 5.69 Å². The van der Waals surface area contributed by atoms with Gasteiger partial charge in [-0.2, -0.15) is 5.10 Å². The molecular formula is C23H23N3O5. The first-order valence-corrected chi connectivity index (χ1v) is 10.0.